The standard InChI is InChI=1S/C16H15FN2O5/c1-23-7-8-24-13-4-2-3-11(9-13)16(20)18-14-6-5-12(17)10-15(14)19(21)22/h2-6,9-10H,7-8H2,1H3,(H,18,20). The van der Waals surface area contributed by atoms with E-state index < -0.39 is 22.3 Å². The van der Waals surface area contributed by atoms with E-state index >= 15 is 0 Å². The van der Waals surface area contributed by atoms with Crippen LogP contribution in [0, 0.1) is 15.9 Å². The second-order valence-corrected chi connectivity index (χ2v) is 4.74. The maximum Gasteiger partial charge on any atom is 0.295 e. The minimum Gasteiger partial charge on any atom is -0.491 e. The van der Waals surface area contributed by atoms with Gasteiger partial charge in [0.15, 0.2) is 0 Å². The van der Waals surface area contributed by atoms with Crippen LogP contribution in [0.3, 0.4) is 0 Å². The SMILES string of the molecule is COCCOc1cccc(C(=O)Nc2ccc(F)cc2[N+](=O)[O-])c1. The average molecular weight is 334 g/mol. The number of rotatable bonds is 7. The maximum absolute atomic E-state index is 13.1. The van der Waals surface area contributed by atoms with Gasteiger partial charge in [-0.05, 0) is 30.3 Å². The minimum absolute atomic E-state index is 0.0860. The van der Waals surface area contributed by atoms with E-state index in [4.69, 9.17) is 9.47 Å². The molecule has 24 heavy (non-hydrogen) atoms. The van der Waals surface area contributed by atoms with Gasteiger partial charge in [-0.15, -0.1) is 0 Å². The lowest BCUT2D eigenvalue weighted by atomic mass is 10.2. The van der Waals surface area contributed by atoms with Gasteiger partial charge < -0.3 is 14.8 Å². The number of carbonyl (C=O) groups excluding carboxylic acids is 1. The van der Waals surface area contributed by atoms with Crippen LogP contribution in [0.2, 0.25) is 0 Å². The maximum atomic E-state index is 13.1. The van der Waals surface area contributed by atoms with Gasteiger partial charge in [0, 0.05) is 12.7 Å². The molecule has 1 amide bonds. The molecule has 0 aliphatic heterocycles. The molecule has 0 fully saturated rings. The number of methoxy groups -OCH3 is 1. The lowest BCUT2D eigenvalue weighted by Gasteiger charge is -2.09. The van der Waals surface area contributed by atoms with E-state index in [2.05, 4.69) is 5.32 Å². The molecule has 0 unspecified atom stereocenters. The van der Waals surface area contributed by atoms with Gasteiger partial charge in [0.2, 0.25) is 0 Å². The Morgan fingerprint density at radius 1 is 1.25 bits per heavy atom. The summed E-state index contributed by atoms with van der Waals surface area (Å²) in [7, 11) is 1.54. The van der Waals surface area contributed by atoms with Crippen molar-refractivity contribution in [1.29, 1.82) is 0 Å². The summed E-state index contributed by atoms with van der Waals surface area (Å²) in [6, 6.07) is 9.26. The normalized spacial score (nSPS) is 10.2. The van der Waals surface area contributed by atoms with Crippen LogP contribution in [-0.2, 0) is 4.74 Å². The lowest BCUT2D eigenvalue weighted by Crippen LogP contribution is -2.13. The molecular weight excluding hydrogens is 319 g/mol. The van der Waals surface area contributed by atoms with Crippen molar-refractivity contribution in [2.24, 2.45) is 0 Å². The quantitative estimate of drug-likeness (QED) is 0.477. The monoisotopic (exact) mass is 334 g/mol. The average Bonchev–Trinajstić information content (AvgIpc) is 2.57. The van der Waals surface area contributed by atoms with Crippen LogP contribution in [0.15, 0.2) is 42.5 Å². The molecule has 1 N–H and O–H groups in total. The van der Waals surface area contributed by atoms with Crippen molar-refractivity contribution in [3.05, 3.63) is 64.0 Å². The highest BCUT2D eigenvalue weighted by atomic mass is 19.1. The number of nitro groups is 1. The molecule has 0 aromatic heterocycles. The summed E-state index contributed by atoms with van der Waals surface area (Å²) in [4.78, 5) is 22.4. The van der Waals surface area contributed by atoms with Gasteiger partial charge in [-0.25, -0.2) is 4.39 Å². The van der Waals surface area contributed by atoms with E-state index in [9.17, 15) is 19.3 Å². The number of ether oxygens (including phenoxy) is 2. The molecule has 0 aliphatic rings. The fourth-order valence-electron chi connectivity index (χ4n) is 1.93. The van der Waals surface area contributed by atoms with Crippen molar-refractivity contribution < 1.29 is 23.6 Å². The number of nitro benzene ring substituents is 1. The van der Waals surface area contributed by atoms with E-state index in [1.165, 1.54) is 12.1 Å². The van der Waals surface area contributed by atoms with Crippen LogP contribution in [0.4, 0.5) is 15.8 Å². The summed E-state index contributed by atoms with van der Waals surface area (Å²) < 4.78 is 23.4. The van der Waals surface area contributed by atoms with Crippen LogP contribution < -0.4 is 10.1 Å². The van der Waals surface area contributed by atoms with Crippen molar-refractivity contribution in [3.8, 4) is 5.75 Å². The number of amides is 1. The van der Waals surface area contributed by atoms with Gasteiger partial charge in [-0.2, -0.15) is 0 Å². The predicted octanol–water partition coefficient (Wildman–Crippen LogP) is 3.01. The van der Waals surface area contributed by atoms with Gasteiger partial charge in [0.05, 0.1) is 17.6 Å². The smallest absolute Gasteiger partial charge is 0.295 e. The lowest BCUT2D eigenvalue weighted by molar-refractivity contribution is -0.384. The topological polar surface area (TPSA) is 90.7 Å². The second-order valence-electron chi connectivity index (χ2n) is 4.74. The van der Waals surface area contributed by atoms with E-state index in [1.54, 1.807) is 19.2 Å². The zero-order valence-electron chi connectivity index (χ0n) is 12.8. The Balaban J connectivity index is 2.15. The first-order chi connectivity index (χ1) is 11.5. The molecule has 2 aromatic carbocycles. The largest absolute Gasteiger partial charge is 0.491 e. The van der Waals surface area contributed by atoms with Crippen molar-refractivity contribution in [1.82, 2.24) is 0 Å². The number of carbonyl (C=O) groups is 1. The third-order valence-corrected chi connectivity index (χ3v) is 3.06. The highest BCUT2D eigenvalue weighted by Gasteiger charge is 2.18. The van der Waals surface area contributed by atoms with Crippen molar-refractivity contribution >= 4 is 17.3 Å². The van der Waals surface area contributed by atoms with Crippen molar-refractivity contribution in [3.63, 3.8) is 0 Å². The number of benzene rings is 2. The summed E-state index contributed by atoms with van der Waals surface area (Å²) in [6.45, 7) is 0.725. The van der Waals surface area contributed by atoms with Crippen LogP contribution >= 0.6 is 0 Å². The van der Waals surface area contributed by atoms with E-state index in [-0.39, 0.29) is 11.3 Å². The minimum atomic E-state index is -0.761. The Labute approximate surface area is 137 Å². The van der Waals surface area contributed by atoms with Gasteiger partial charge >= 0.3 is 0 Å². The number of hydrogen-bond donors (Lipinski definition) is 1. The predicted molar refractivity (Wildman–Crippen MR) is 84.8 cm³/mol. The second kappa shape index (κ2) is 8.02. The molecule has 7 nitrogen and oxygen atoms in total. The fraction of sp³-hybridized carbons (Fsp3) is 0.188. The summed E-state index contributed by atoms with van der Waals surface area (Å²) in [5, 5.41) is 13.4. The first kappa shape index (κ1) is 17.4. The molecule has 2 rings (SSSR count). The Morgan fingerprint density at radius 2 is 2.04 bits per heavy atom. The van der Waals surface area contributed by atoms with E-state index in [0.29, 0.717) is 19.0 Å². The zero-order chi connectivity index (χ0) is 17.5. The Hall–Kier alpha value is -3.00. The first-order valence-corrected chi connectivity index (χ1v) is 6.98. The summed E-state index contributed by atoms with van der Waals surface area (Å²) in [5.74, 6) is -0.858. The Morgan fingerprint density at radius 3 is 2.75 bits per heavy atom. The molecule has 0 spiro atoms. The summed E-state index contributed by atoms with van der Waals surface area (Å²) in [6.07, 6.45) is 0. The number of nitrogens with one attached hydrogen (secondary N) is 1. The van der Waals surface area contributed by atoms with Crippen LogP contribution in [0.1, 0.15) is 10.4 Å². The highest BCUT2D eigenvalue weighted by Crippen LogP contribution is 2.26. The molecule has 126 valence electrons. The molecule has 0 saturated heterocycles. The zero-order valence-corrected chi connectivity index (χ0v) is 12.8. The molecule has 0 saturated carbocycles. The van der Waals surface area contributed by atoms with Crippen LogP contribution in [0.25, 0.3) is 0 Å². The van der Waals surface area contributed by atoms with Crippen molar-refractivity contribution in [2.45, 2.75) is 0 Å². The first-order valence-electron chi connectivity index (χ1n) is 6.98. The van der Waals surface area contributed by atoms with E-state index in [1.807, 2.05) is 0 Å². The Bertz CT molecular complexity index is 751. The molecule has 0 atom stereocenters. The van der Waals surface area contributed by atoms with Crippen molar-refractivity contribution in [2.75, 3.05) is 25.6 Å². The third-order valence-electron chi connectivity index (χ3n) is 3.06. The Kier molecular flexibility index (Phi) is 5.80. The van der Waals surface area contributed by atoms with Gasteiger partial charge in [0.25, 0.3) is 11.6 Å². The number of halogens is 1. The fourth-order valence-corrected chi connectivity index (χ4v) is 1.93. The number of anilines is 1. The summed E-state index contributed by atoms with van der Waals surface area (Å²) >= 11 is 0. The molecule has 2 aromatic rings. The third kappa shape index (κ3) is 4.50. The molecule has 0 heterocycles. The molecule has 8 heteroatoms. The molecule has 0 radical (unpaired) electrons. The van der Waals surface area contributed by atoms with Gasteiger partial charge in [0.1, 0.15) is 23.9 Å². The van der Waals surface area contributed by atoms with Gasteiger partial charge in [-0.3, -0.25) is 14.9 Å². The molecular formula is C16H15FN2O5. The summed E-state index contributed by atoms with van der Waals surface area (Å²) in [5.41, 5.74) is -0.350. The van der Waals surface area contributed by atoms with Crippen LogP contribution in [0.5, 0.6) is 5.75 Å². The van der Waals surface area contributed by atoms with Gasteiger partial charge in [-0.1, -0.05) is 6.07 Å². The molecule has 0 aliphatic carbocycles. The molecule has 0 bridgehead atoms. The number of hydrogen-bond acceptors (Lipinski definition) is 5. The van der Waals surface area contributed by atoms with E-state index in [0.717, 1.165) is 18.2 Å². The number of nitrogens with zero attached hydrogens (tertiary/aromatic N) is 1. The van der Waals surface area contributed by atoms with Crippen LogP contribution in [-0.4, -0.2) is 31.2 Å². The highest BCUT2D eigenvalue weighted by molar-refractivity contribution is 6.05.